The highest BCUT2D eigenvalue weighted by Crippen LogP contribution is 2.30. The van der Waals surface area contributed by atoms with Crippen molar-refractivity contribution in [2.24, 2.45) is 0 Å². The van der Waals surface area contributed by atoms with E-state index in [9.17, 15) is 4.79 Å². The normalized spacial score (nSPS) is 19.9. The highest BCUT2D eigenvalue weighted by atomic mass is 32.1. The van der Waals surface area contributed by atoms with E-state index in [4.69, 9.17) is 4.98 Å². The summed E-state index contributed by atoms with van der Waals surface area (Å²) >= 11 is 1.81. The minimum absolute atomic E-state index is 0.137. The van der Waals surface area contributed by atoms with Gasteiger partial charge in [0.2, 0.25) is 0 Å². The number of nitrogens with one attached hydrogen (secondary N) is 2. The number of fused-ring (bicyclic) bond motifs is 1. The smallest absolute Gasteiger partial charge is 0.275 e. The first kappa shape index (κ1) is 18.1. The Hall–Kier alpha value is -2.24. The molecule has 1 aliphatic heterocycles. The van der Waals surface area contributed by atoms with Crippen LogP contribution in [0.2, 0.25) is 0 Å². The maximum Gasteiger partial charge on any atom is 0.275 e. The van der Waals surface area contributed by atoms with Gasteiger partial charge in [0.1, 0.15) is 5.01 Å². The van der Waals surface area contributed by atoms with E-state index in [-0.39, 0.29) is 5.91 Å². The van der Waals surface area contributed by atoms with Crippen molar-refractivity contribution in [3.63, 3.8) is 0 Å². The number of quaternary nitrogens is 1. The number of aryl methyl sites for hydroxylation is 1. The van der Waals surface area contributed by atoms with Crippen LogP contribution in [-0.2, 0) is 11.3 Å². The number of amides is 1. The van der Waals surface area contributed by atoms with Crippen molar-refractivity contribution in [3.05, 3.63) is 64.7 Å². The minimum Gasteiger partial charge on any atom is -0.347 e. The Morgan fingerprint density at radius 1 is 1.22 bits per heavy atom. The molecule has 5 heteroatoms. The molecule has 1 aliphatic rings. The summed E-state index contributed by atoms with van der Waals surface area (Å²) in [5.74, 6) is 0.605. The van der Waals surface area contributed by atoms with E-state index in [1.165, 1.54) is 32.2 Å². The monoisotopic (exact) mass is 380 g/mol. The summed E-state index contributed by atoms with van der Waals surface area (Å²) in [5.41, 5.74) is 3.51. The van der Waals surface area contributed by atoms with Crippen LogP contribution in [0.4, 0.5) is 0 Å². The molecule has 2 heterocycles. The average molecular weight is 381 g/mol. The molecule has 0 aliphatic carbocycles. The van der Waals surface area contributed by atoms with Crippen molar-refractivity contribution in [1.82, 2.24) is 10.3 Å². The minimum atomic E-state index is 0.137. The zero-order chi connectivity index (χ0) is 18.6. The number of likely N-dealkylation sites (tertiary alicyclic amines) is 1. The van der Waals surface area contributed by atoms with Crippen LogP contribution in [-0.4, -0.2) is 30.5 Å². The molecule has 1 unspecified atom stereocenters. The third-order valence-electron chi connectivity index (χ3n) is 5.43. The van der Waals surface area contributed by atoms with Gasteiger partial charge in [0.15, 0.2) is 6.54 Å². The van der Waals surface area contributed by atoms with Gasteiger partial charge in [-0.15, -0.1) is 11.3 Å². The van der Waals surface area contributed by atoms with Crippen LogP contribution in [0.5, 0.6) is 0 Å². The topological polar surface area (TPSA) is 46.4 Å². The van der Waals surface area contributed by atoms with Gasteiger partial charge in [-0.3, -0.25) is 4.79 Å². The van der Waals surface area contributed by atoms with E-state index in [1.807, 2.05) is 29.5 Å². The molecule has 0 spiro atoms. The lowest BCUT2D eigenvalue weighted by atomic mass is 9.99. The number of para-hydroxylation sites is 1. The lowest BCUT2D eigenvalue weighted by molar-refractivity contribution is -0.898. The highest BCUT2D eigenvalue weighted by molar-refractivity contribution is 7.18. The Bertz CT molecular complexity index is 903. The molecular weight excluding hydrogens is 354 g/mol. The van der Waals surface area contributed by atoms with Crippen LogP contribution < -0.4 is 10.2 Å². The largest absolute Gasteiger partial charge is 0.347 e. The molecule has 2 aromatic carbocycles. The van der Waals surface area contributed by atoms with E-state index < -0.39 is 0 Å². The molecular formula is C22H26N3OS+. The first-order valence-electron chi connectivity index (χ1n) is 9.69. The van der Waals surface area contributed by atoms with Crippen LogP contribution in [0.1, 0.15) is 34.9 Å². The van der Waals surface area contributed by atoms with Gasteiger partial charge in [0, 0.05) is 6.54 Å². The second-order valence-corrected chi connectivity index (χ2v) is 8.51. The molecule has 4 nitrogen and oxygen atoms in total. The average Bonchev–Trinajstić information content (AvgIpc) is 3.12. The number of hydrogen-bond acceptors (Lipinski definition) is 3. The highest BCUT2D eigenvalue weighted by Gasteiger charge is 2.28. The van der Waals surface area contributed by atoms with Crippen molar-refractivity contribution >= 4 is 27.5 Å². The Balaban J connectivity index is 1.34. The van der Waals surface area contributed by atoms with E-state index in [2.05, 4.69) is 42.6 Å². The van der Waals surface area contributed by atoms with E-state index >= 15 is 0 Å². The van der Waals surface area contributed by atoms with Gasteiger partial charge in [-0.2, -0.15) is 0 Å². The predicted octanol–water partition coefficient (Wildman–Crippen LogP) is 2.68. The fourth-order valence-corrected chi connectivity index (χ4v) is 4.98. The van der Waals surface area contributed by atoms with Gasteiger partial charge in [0.05, 0.1) is 29.2 Å². The zero-order valence-corrected chi connectivity index (χ0v) is 16.5. The maximum absolute atomic E-state index is 12.4. The molecule has 1 aromatic heterocycles. The van der Waals surface area contributed by atoms with Gasteiger partial charge >= 0.3 is 0 Å². The number of benzene rings is 2. The Labute approximate surface area is 164 Å². The SMILES string of the molecule is Cc1ccccc1CNC(=O)C[NH+]1CCC[C@H](c2nc3ccccc3s2)C1. The van der Waals surface area contributed by atoms with Crippen molar-refractivity contribution in [3.8, 4) is 0 Å². The summed E-state index contributed by atoms with van der Waals surface area (Å²) in [6, 6.07) is 16.6. The Kier molecular flexibility index (Phi) is 5.50. The van der Waals surface area contributed by atoms with Crippen LogP contribution in [0.3, 0.4) is 0 Å². The molecule has 2 N–H and O–H groups in total. The third-order valence-corrected chi connectivity index (χ3v) is 6.62. The lowest BCUT2D eigenvalue weighted by Crippen LogP contribution is -3.14. The molecule has 4 rings (SSSR count). The van der Waals surface area contributed by atoms with Crippen molar-refractivity contribution in [2.75, 3.05) is 19.6 Å². The molecule has 27 heavy (non-hydrogen) atoms. The second-order valence-electron chi connectivity index (χ2n) is 7.44. The summed E-state index contributed by atoms with van der Waals surface area (Å²) in [6.07, 6.45) is 2.33. The standard InChI is InChI=1S/C22H25N3OS/c1-16-7-2-3-8-17(16)13-23-21(26)15-25-12-6-9-18(14-25)22-24-19-10-4-5-11-20(19)27-22/h2-5,7-8,10-11,18H,6,9,12-15H2,1H3,(H,23,26)/p+1/t18-/m0/s1. The molecule has 0 radical (unpaired) electrons. The fraction of sp³-hybridized carbons (Fsp3) is 0.364. The number of piperidine rings is 1. The molecule has 0 saturated carbocycles. The van der Waals surface area contributed by atoms with Gasteiger partial charge in [-0.05, 0) is 43.0 Å². The Morgan fingerprint density at radius 3 is 2.89 bits per heavy atom. The molecule has 1 fully saturated rings. The van der Waals surface area contributed by atoms with Crippen LogP contribution >= 0.6 is 11.3 Å². The zero-order valence-electron chi connectivity index (χ0n) is 15.7. The lowest BCUT2D eigenvalue weighted by Gasteiger charge is -2.28. The predicted molar refractivity (Wildman–Crippen MR) is 110 cm³/mol. The van der Waals surface area contributed by atoms with Crippen LogP contribution in [0, 0.1) is 6.92 Å². The van der Waals surface area contributed by atoms with Gasteiger partial charge in [0.25, 0.3) is 5.91 Å². The number of rotatable bonds is 5. The fourth-order valence-electron chi connectivity index (χ4n) is 3.88. The summed E-state index contributed by atoms with van der Waals surface area (Å²) in [4.78, 5) is 18.6. The summed E-state index contributed by atoms with van der Waals surface area (Å²) in [7, 11) is 0. The molecule has 2 atom stereocenters. The number of carbonyl (C=O) groups excluding carboxylic acids is 1. The van der Waals surface area contributed by atoms with Crippen molar-refractivity contribution in [2.45, 2.75) is 32.2 Å². The Morgan fingerprint density at radius 2 is 2.04 bits per heavy atom. The number of hydrogen-bond donors (Lipinski definition) is 2. The first-order valence-corrected chi connectivity index (χ1v) is 10.5. The van der Waals surface area contributed by atoms with E-state index in [1.54, 1.807) is 0 Å². The number of carbonyl (C=O) groups is 1. The summed E-state index contributed by atoms with van der Waals surface area (Å²) < 4.78 is 1.26. The molecule has 140 valence electrons. The van der Waals surface area contributed by atoms with Gasteiger partial charge in [-0.1, -0.05) is 36.4 Å². The third kappa shape index (κ3) is 4.37. The number of thiazole rings is 1. The van der Waals surface area contributed by atoms with Gasteiger partial charge in [-0.25, -0.2) is 4.98 Å². The van der Waals surface area contributed by atoms with E-state index in [0.717, 1.165) is 25.0 Å². The molecule has 1 amide bonds. The quantitative estimate of drug-likeness (QED) is 0.715. The molecule has 3 aromatic rings. The van der Waals surface area contributed by atoms with Crippen LogP contribution in [0.25, 0.3) is 10.2 Å². The summed E-state index contributed by atoms with van der Waals surface area (Å²) in [5, 5.41) is 4.32. The maximum atomic E-state index is 12.4. The number of aromatic nitrogens is 1. The summed E-state index contributed by atoms with van der Waals surface area (Å²) in [6.45, 7) is 5.31. The van der Waals surface area contributed by atoms with Gasteiger partial charge < -0.3 is 10.2 Å². The van der Waals surface area contributed by atoms with Crippen molar-refractivity contribution < 1.29 is 9.69 Å². The van der Waals surface area contributed by atoms with Crippen LogP contribution in [0.15, 0.2) is 48.5 Å². The molecule has 0 bridgehead atoms. The first-order chi connectivity index (χ1) is 13.2. The van der Waals surface area contributed by atoms with Crippen molar-refractivity contribution in [1.29, 1.82) is 0 Å². The molecule has 1 saturated heterocycles. The number of nitrogens with zero attached hydrogens (tertiary/aromatic N) is 1. The second kappa shape index (κ2) is 8.19. The van der Waals surface area contributed by atoms with E-state index in [0.29, 0.717) is 19.0 Å².